The highest BCUT2D eigenvalue weighted by Crippen LogP contribution is 2.21. The number of carboxylic acid groups (broad SMARTS) is 1. The first kappa shape index (κ1) is 16.8. The third kappa shape index (κ3) is 4.96. The summed E-state index contributed by atoms with van der Waals surface area (Å²) in [5.74, 6) is 1.04. The van der Waals surface area contributed by atoms with Crippen LogP contribution in [0.25, 0.3) is 0 Å². The maximum atomic E-state index is 11.0. The minimum Gasteiger partial charge on any atom is -0.550 e. The lowest BCUT2D eigenvalue weighted by Gasteiger charge is -2.14. The van der Waals surface area contributed by atoms with Crippen molar-refractivity contribution < 1.29 is 24.4 Å². The molecule has 5 heteroatoms. The number of nitrogens with two attached hydrogens (primary N) is 1. The Balaban J connectivity index is 1.65. The minimum atomic E-state index is -1.10. The number of ether oxygens (including phenoxy) is 1. The molecule has 2 N–H and O–H groups in total. The maximum Gasteiger partial charge on any atom is 0.161 e. The predicted octanol–water partition coefficient (Wildman–Crippen LogP) is 2.02. The van der Waals surface area contributed by atoms with Gasteiger partial charge in [-0.2, -0.15) is 0 Å². The standard InChI is InChI=1S/C20H19NO4/c22-20(23)13-18(19-10-5-11-24-19)21-14-15-6-4-9-17(12-15)25-16-7-2-1-3-8-16/h1-12,18,21H,13-14H2,(H,22,23). The van der Waals surface area contributed by atoms with Crippen molar-refractivity contribution in [3.63, 3.8) is 0 Å². The van der Waals surface area contributed by atoms with Gasteiger partial charge in [0.05, 0.1) is 6.26 Å². The van der Waals surface area contributed by atoms with Crippen LogP contribution in [0.2, 0.25) is 0 Å². The average molecular weight is 337 g/mol. The van der Waals surface area contributed by atoms with E-state index in [0.717, 1.165) is 17.1 Å². The molecule has 0 aliphatic heterocycles. The van der Waals surface area contributed by atoms with Crippen LogP contribution in [-0.4, -0.2) is 5.97 Å². The molecule has 0 bridgehead atoms. The maximum absolute atomic E-state index is 11.0. The molecular weight excluding hydrogens is 318 g/mol. The van der Waals surface area contributed by atoms with Crippen LogP contribution in [0.15, 0.2) is 77.4 Å². The molecular formula is C20H19NO4. The lowest BCUT2D eigenvalue weighted by molar-refractivity contribution is -0.712. The van der Waals surface area contributed by atoms with Crippen molar-refractivity contribution in [1.82, 2.24) is 0 Å². The van der Waals surface area contributed by atoms with E-state index in [1.807, 2.05) is 59.9 Å². The molecule has 0 spiro atoms. The number of benzene rings is 2. The molecule has 25 heavy (non-hydrogen) atoms. The van der Waals surface area contributed by atoms with Crippen LogP contribution in [0.1, 0.15) is 23.8 Å². The Labute approximate surface area is 145 Å². The second-order valence-electron chi connectivity index (χ2n) is 5.70. The number of para-hydroxylation sites is 1. The third-order valence-electron chi connectivity index (χ3n) is 3.81. The summed E-state index contributed by atoms with van der Waals surface area (Å²) in [6.45, 7) is 0.602. The zero-order valence-electron chi connectivity index (χ0n) is 13.6. The lowest BCUT2D eigenvalue weighted by atomic mass is 10.1. The van der Waals surface area contributed by atoms with Crippen molar-refractivity contribution in [3.05, 3.63) is 84.3 Å². The summed E-state index contributed by atoms with van der Waals surface area (Å²) in [6, 6.07) is 20.5. The number of furan rings is 1. The van der Waals surface area contributed by atoms with Gasteiger partial charge in [0.1, 0.15) is 24.1 Å². The summed E-state index contributed by atoms with van der Waals surface area (Å²) in [5.41, 5.74) is 1.03. The van der Waals surface area contributed by atoms with Crippen LogP contribution in [0.4, 0.5) is 0 Å². The fourth-order valence-corrected chi connectivity index (χ4v) is 2.62. The lowest BCUT2D eigenvalue weighted by Crippen LogP contribution is -2.84. The Morgan fingerprint density at radius 2 is 1.84 bits per heavy atom. The van der Waals surface area contributed by atoms with Gasteiger partial charge < -0.3 is 24.4 Å². The van der Waals surface area contributed by atoms with E-state index in [1.165, 1.54) is 0 Å². The number of rotatable bonds is 8. The highest BCUT2D eigenvalue weighted by molar-refractivity contribution is 5.65. The number of carbonyl (C=O) groups excluding carboxylic acids is 1. The molecule has 0 radical (unpaired) electrons. The SMILES string of the molecule is O=C([O-])CC([NH2+]Cc1cccc(Oc2ccccc2)c1)c1ccco1. The summed E-state index contributed by atoms with van der Waals surface area (Å²) in [4.78, 5) is 11.0. The Hall–Kier alpha value is -3.05. The minimum absolute atomic E-state index is 0.103. The first-order valence-corrected chi connectivity index (χ1v) is 8.09. The molecule has 0 saturated carbocycles. The fourth-order valence-electron chi connectivity index (χ4n) is 2.62. The molecule has 2 aromatic carbocycles. The molecule has 1 heterocycles. The Morgan fingerprint density at radius 1 is 1.04 bits per heavy atom. The normalized spacial score (nSPS) is 11.8. The topological polar surface area (TPSA) is 79.1 Å². The summed E-state index contributed by atoms with van der Waals surface area (Å²) in [7, 11) is 0. The monoisotopic (exact) mass is 337 g/mol. The largest absolute Gasteiger partial charge is 0.550 e. The molecule has 3 rings (SSSR count). The van der Waals surface area contributed by atoms with Gasteiger partial charge in [-0.15, -0.1) is 0 Å². The summed E-state index contributed by atoms with van der Waals surface area (Å²) in [5, 5.41) is 12.9. The van der Waals surface area contributed by atoms with Crippen LogP contribution in [0.3, 0.4) is 0 Å². The molecule has 5 nitrogen and oxygen atoms in total. The van der Waals surface area contributed by atoms with Gasteiger partial charge in [-0.25, -0.2) is 0 Å². The first-order valence-electron chi connectivity index (χ1n) is 8.09. The van der Waals surface area contributed by atoms with Gasteiger partial charge in [0, 0.05) is 18.0 Å². The molecule has 3 aromatic rings. The van der Waals surface area contributed by atoms with Crippen molar-refractivity contribution in [2.45, 2.75) is 19.0 Å². The summed E-state index contributed by atoms with van der Waals surface area (Å²) in [6.07, 6.45) is 1.44. The number of carboxylic acids is 1. The van der Waals surface area contributed by atoms with Gasteiger partial charge in [-0.1, -0.05) is 30.3 Å². The number of hydrogen-bond acceptors (Lipinski definition) is 4. The van der Waals surface area contributed by atoms with Gasteiger partial charge in [0.15, 0.2) is 5.76 Å². The van der Waals surface area contributed by atoms with Crippen molar-refractivity contribution in [2.75, 3.05) is 0 Å². The second-order valence-corrected chi connectivity index (χ2v) is 5.70. The molecule has 1 unspecified atom stereocenters. The van der Waals surface area contributed by atoms with Gasteiger partial charge in [-0.3, -0.25) is 0 Å². The van der Waals surface area contributed by atoms with Gasteiger partial charge in [0.25, 0.3) is 0 Å². The highest BCUT2D eigenvalue weighted by atomic mass is 16.5. The van der Waals surface area contributed by atoms with Crippen LogP contribution >= 0.6 is 0 Å². The van der Waals surface area contributed by atoms with Gasteiger partial charge in [0.2, 0.25) is 0 Å². The average Bonchev–Trinajstić information content (AvgIpc) is 3.14. The molecule has 0 amide bonds. The number of quaternary nitrogens is 1. The summed E-state index contributed by atoms with van der Waals surface area (Å²) >= 11 is 0. The van der Waals surface area contributed by atoms with Crippen LogP contribution in [0.5, 0.6) is 11.5 Å². The quantitative estimate of drug-likeness (QED) is 0.682. The first-order chi connectivity index (χ1) is 12.2. The highest BCUT2D eigenvalue weighted by Gasteiger charge is 2.18. The van der Waals surface area contributed by atoms with Crippen molar-refractivity contribution >= 4 is 5.97 Å². The van der Waals surface area contributed by atoms with E-state index in [1.54, 1.807) is 18.4 Å². The van der Waals surface area contributed by atoms with E-state index in [2.05, 4.69) is 0 Å². The smallest absolute Gasteiger partial charge is 0.161 e. The zero-order chi connectivity index (χ0) is 17.5. The molecule has 1 aromatic heterocycles. The van der Waals surface area contributed by atoms with E-state index in [9.17, 15) is 9.90 Å². The molecule has 128 valence electrons. The van der Waals surface area contributed by atoms with Gasteiger partial charge in [-0.05, 0) is 36.4 Å². The van der Waals surface area contributed by atoms with E-state index >= 15 is 0 Å². The van der Waals surface area contributed by atoms with E-state index in [-0.39, 0.29) is 12.5 Å². The van der Waals surface area contributed by atoms with Gasteiger partial charge >= 0.3 is 0 Å². The van der Waals surface area contributed by atoms with Crippen LogP contribution < -0.4 is 15.2 Å². The van der Waals surface area contributed by atoms with E-state index < -0.39 is 5.97 Å². The zero-order valence-corrected chi connectivity index (χ0v) is 13.6. The predicted molar refractivity (Wildman–Crippen MR) is 89.7 cm³/mol. The van der Waals surface area contributed by atoms with E-state index in [4.69, 9.17) is 9.15 Å². The number of hydrogen-bond donors (Lipinski definition) is 1. The Bertz CT molecular complexity index is 800. The van der Waals surface area contributed by atoms with E-state index in [0.29, 0.717) is 12.3 Å². The fraction of sp³-hybridized carbons (Fsp3) is 0.150. The molecule has 0 aliphatic carbocycles. The Morgan fingerprint density at radius 3 is 2.56 bits per heavy atom. The molecule has 0 fully saturated rings. The van der Waals surface area contributed by atoms with Crippen molar-refractivity contribution in [2.24, 2.45) is 0 Å². The third-order valence-corrected chi connectivity index (χ3v) is 3.81. The molecule has 0 saturated heterocycles. The van der Waals surface area contributed by atoms with Crippen molar-refractivity contribution in [3.8, 4) is 11.5 Å². The van der Waals surface area contributed by atoms with Crippen LogP contribution in [0, 0.1) is 0 Å². The second kappa shape index (κ2) is 8.17. The summed E-state index contributed by atoms with van der Waals surface area (Å²) < 4.78 is 11.2. The van der Waals surface area contributed by atoms with Crippen molar-refractivity contribution in [1.29, 1.82) is 0 Å². The number of aliphatic carboxylic acids is 1. The Kier molecular flexibility index (Phi) is 5.49. The molecule has 0 aliphatic rings. The van der Waals surface area contributed by atoms with Crippen LogP contribution in [-0.2, 0) is 11.3 Å². The number of carbonyl (C=O) groups is 1. The molecule has 1 atom stereocenters.